The summed E-state index contributed by atoms with van der Waals surface area (Å²) in [7, 11) is 0. The van der Waals surface area contributed by atoms with E-state index in [1.165, 1.54) is 64.2 Å². The van der Waals surface area contributed by atoms with Crippen molar-refractivity contribution < 1.29 is 0 Å². The van der Waals surface area contributed by atoms with E-state index in [2.05, 4.69) is 33.4 Å². The summed E-state index contributed by atoms with van der Waals surface area (Å²) in [4.78, 5) is 0. The molecule has 0 aromatic carbocycles. The Morgan fingerprint density at radius 1 is 0.810 bits per heavy atom. The molecule has 0 amide bonds. The molecule has 0 heterocycles. The van der Waals surface area contributed by atoms with Crippen molar-refractivity contribution in [2.75, 3.05) is 0 Å². The van der Waals surface area contributed by atoms with Crippen molar-refractivity contribution >= 4 is 0 Å². The van der Waals surface area contributed by atoms with Crippen LogP contribution >= 0.6 is 0 Å². The van der Waals surface area contributed by atoms with Crippen LogP contribution in [0.5, 0.6) is 0 Å². The molecule has 0 radical (unpaired) electrons. The summed E-state index contributed by atoms with van der Waals surface area (Å²) in [6, 6.07) is 0. The second-order valence-electron chi connectivity index (χ2n) is 8.53. The highest BCUT2D eigenvalue weighted by molar-refractivity contribution is 4.88. The summed E-state index contributed by atoms with van der Waals surface area (Å²) in [5.41, 5.74) is 0. The molecule has 2 aliphatic rings. The summed E-state index contributed by atoms with van der Waals surface area (Å²) in [5.74, 6) is 5.81. The van der Waals surface area contributed by atoms with Crippen molar-refractivity contribution in [1.29, 1.82) is 0 Å². The van der Waals surface area contributed by atoms with Crippen LogP contribution in [0.3, 0.4) is 0 Å². The fourth-order valence-electron chi connectivity index (χ4n) is 4.87. The van der Waals surface area contributed by atoms with Gasteiger partial charge in [-0.05, 0) is 86.9 Å². The van der Waals surface area contributed by atoms with E-state index in [0.717, 1.165) is 35.5 Å². The van der Waals surface area contributed by atoms with Gasteiger partial charge in [-0.1, -0.05) is 39.7 Å². The smallest absolute Gasteiger partial charge is 0.0236 e. The number of allylic oxidation sites excluding steroid dienone is 1. The van der Waals surface area contributed by atoms with Gasteiger partial charge in [0.2, 0.25) is 0 Å². The third kappa shape index (κ3) is 5.15. The lowest BCUT2D eigenvalue weighted by atomic mass is 9.67. The van der Waals surface area contributed by atoms with Gasteiger partial charge in [-0.25, -0.2) is 0 Å². The van der Waals surface area contributed by atoms with E-state index in [1.54, 1.807) is 0 Å². The van der Waals surface area contributed by atoms with E-state index in [-0.39, 0.29) is 0 Å². The van der Waals surface area contributed by atoms with Crippen LogP contribution in [-0.2, 0) is 0 Å². The van der Waals surface area contributed by atoms with Crippen molar-refractivity contribution in [2.24, 2.45) is 35.5 Å². The highest BCUT2D eigenvalue weighted by Gasteiger charge is 2.31. The van der Waals surface area contributed by atoms with Crippen LogP contribution in [0.15, 0.2) is 12.7 Å². The van der Waals surface area contributed by atoms with Crippen LogP contribution in [0.1, 0.15) is 85.0 Å². The van der Waals surface area contributed by atoms with Gasteiger partial charge >= 0.3 is 0 Å². The molecule has 0 saturated heterocycles. The highest BCUT2D eigenvalue weighted by Crippen LogP contribution is 2.43. The molecule has 0 bridgehead atoms. The molecule has 0 aliphatic heterocycles. The second kappa shape index (κ2) is 8.39. The first-order valence-electron chi connectivity index (χ1n) is 9.72. The SMILES string of the molecule is C=CC1CCC(C2CCC(C(C)CCC(C)C)CC2)CC1. The largest absolute Gasteiger partial charge is 0.103 e. The number of rotatable bonds is 6. The van der Waals surface area contributed by atoms with E-state index in [0.29, 0.717) is 0 Å². The quantitative estimate of drug-likeness (QED) is 0.469. The molecule has 2 fully saturated rings. The predicted molar refractivity (Wildman–Crippen MR) is 94.3 cm³/mol. The van der Waals surface area contributed by atoms with Crippen molar-refractivity contribution in [3.8, 4) is 0 Å². The van der Waals surface area contributed by atoms with Gasteiger partial charge in [0.25, 0.3) is 0 Å². The third-order valence-corrected chi connectivity index (χ3v) is 6.64. The topological polar surface area (TPSA) is 0 Å². The van der Waals surface area contributed by atoms with Crippen LogP contribution in [0.2, 0.25) is 0 Å². The summed E-state index contributed by atoms with van der Waals surface area (Å²) < 4.78 is 0. The molecular weight excluding hydrogens is 252 g/mol. The minimum absolute atomic E-state index is 0.827. The normalized spacial score (nSPS) is 35.6. The molecule has 0 nitrogen and oxygen atoms in total. The molecule has 1 unspecified atom stereocenters. The van der Waals surface area contributed by atoms with Crippen molar-refractivity contribution in [2.45, 2.75) is 85.0 Å². The molecule has 1 atom stereocenters. The molecule has 2 aliphatic carbocycles. The zero-order valence-corrected chi connectivity index (χ0v) is 14.8. The van der Waals surface area contributed by atoms with E-state index >= 15 is 0 Å². The van der Waals surface area contributed by atoms with Gasteiger partial charge in [0.05, 0.1) is 0 Å². The zero-order valence-electron chi connectivity index (χ0n) is 14.8. The molecule has 2 saturated carbocycles. The molecule has 0 aromatic heterocycles. The Morgan fingerprint density at radius 3 is 1.81 bits per heavy atom. The van der Waals surface area contributed by atoms with Gasteiger partial charge in [0, 0.05) is 0 Å². The molecule has 0 N–H and O–H groups in total. The standard InChI is InChI=1S/C21H38/c1-5-18-8-10-20(11-9-18)21-14-12-19(13-15-21)17(4)7-6-16(2)3/h5,16-21H,1,6-15H2,2-4H3. The Labute approximate surface area is 133 Å². The Kier molecular flexibility index (Phi) is 6.83. The average molecular weight is 291 g/mol. The fourth-order valence-corrected chi connectivity index (χ4v) is 4.87. The van der Waals surface area contributed by atoms with Gasteiger partial charge in [-0.2, -0.15) is 0 Å². The number of hydrogen-bond acceptors (Lipinski definition) is 0. The molecule has 21 heavy (non-hydrogen) atoms. The molecule has 0 aromatic rings. The van der Waals surface area contributed by atoms with Crippen molar-refractivity contribution in [3.63, 3.8) is 0 Å². The van der Waals surface area contributed by atoms with Crippen LogP contribution in [0.25, 0.3) is 0 Å². The minimum atomic E-state index is 0.827. The maximum atomic E-state index is 3.98. The highest BCUT2D eigenvalue weighted by atomic mass is 14.4. The molecule has 122 valence electrons. The van der Waals surface area contributed by atoms with Gasteiger partial charge in [0.15, 0.2) is 0 Å². The van der Waals surface area contributed by atoms with Crippen molar-refractivity contribution in [3.05, 3.63) is 12.7 Å². The van der Waals surface area contributed by atoms with E-state index in [4.69, 9.17) is 0 Å². The van der Waals surface area contributed by atoms with E-state index in [9.17, 15) is 0 Å². The summed E-state index contributed by atoms with van der Waals surface area (Å²) in [5, 5.41) is 0. The maximum absolute atomic E-state index is 3.98. The maximum Gasteiger partial charge on any atom is -0.0236 e. The lowest BCUT2D eigenvalue weighted by molar-refractivity contribution is 0.131. The first kappa shape index (κ1) is 17.1. The predicted octanol–water partition coefficient (Wildman–Crippen LogP) is 6.86. The summed E-state index contributed by atoms with van der Waals surface area (Å²) >= 11 is 0. The van der Waals surface area contributed by atoms with E-state index < -0.39 is 0 Å². The first-order chi connectivity index (χ1) is 10.1. The van der Waals surface area contributed by atoms with Gasteiger partial charge in [0.1, 0.15) is 0 Å². The zero-order chi connectivity index (χ0) is 15.2. The van der Waals surface area contributed by atoms with Crippen LogP contribution in [0, 0.1) is 35.5 Å². The lowest BCUT2D eigenvalue weighted by Gasteiger charge is -2.39. The molecular formula is C21H38. The Bertz CT molecular complexity index is 287. The van der Waals surface area contributed by atoms with Gasteiger partial charge in [-0.3, -0.25) is 0 Å². The Morgan fingerprint density at radius 2 is 1.33 bits per heavy atom. The Balaban J connectivity index is 1.69. The fraction of sp³-hybridized carbons (Fsp3) is 0.905. The second-order valence-corrected chi connectivity index (χ2v) is 8.53. The summed E-state index contributed by atoms with van der Waals surface area (Å²) in [6.07, 6.45) is 17.0. The molecule has 2 rings (SSSR count). The molecule has 0 heteroatoms. The molecule has 0 spiro atoms. The average Bonchev–Trinajstić information content (AvgIpc) is 2.53. The monoisotopic (exact) mass is 290 g/mol. The number of hydrogen-bond donors (Lipinski definition) is 0. The van der Waals surface area contributed by atoms with Crippen molar-refractivity contribution in [1.82, 2.24) is 0 Å². The van der Waals surface area contributed by atoms with Crippen LogP contribution < -0.4 is 0 Å². The minimum Gasteiger partial charge on any atom is -0.103 e. The van der Waals surface area contributed by atoms with Gasteiger partial charge in [-0.15, -0.1) is 6.58 Å². The van der Waals surface area contributed by atoms with E-state index in [1.807, 2.05) is 0 Å². The Hall–Kier alpha value is -0.260. The van der Waals surface area contributed by atoms with Crippen LogP contribution in [-0.4, -0.2) is 0 Å². The lowest BCUT2D eigenvalue weighted by Crippen LogP contribution is -2.27. The third-order valence-electron chi connectivity index (χ3n) is 6.64. The van der Waals surface area contributed by atoms with Crippen LogP contribution in [0.4, 0.5) is 0 Å². The van der Waals surface area contributed by atoms with Gasteiger partial charge < -0.3 is 0 Å². The first-order valence-corrected chi connectivity index (χ1v) is 9.72. The summed E-state index contributed by atoms with van der Waals surface area (Å²) in [6.45, 7) is 11.2.